The van der Waals surface area contributed by atoms with Crippen LogP contribution < -0.4 is 5.73 Å². The largest absolute Gasteiger partial charge is 0.480 e. The predicted molar refractivity (Wildman–Crippen MR) is 63.3 cm³/mol. The summed E-state index contributed by atoms with van der Waals surface area (Å²) in [5.41, 5.74) is 8.33. The molecule has 0 spiro atoms. The number of benzene rings is 1. The van der Waals surface area contributed by atoms with E-state index in [2.05, 4.69) is 9.97 Å². The summed E-state index contributed by atoms with van der Waals surface area (Å²) >= 11 is 0. The monoisotopic (exact) mass is 231 g/mol. The topological polar surface area (TPSA) is 92.0 Å². The van der Waals surface area contributed by atoms with Crippen LogP contribution in [0.5, 0.6) is 0 Å². The number of imidazole rings is 1. The van der Waals surface area contributed by atoms with Crippen LogP contribution in [0.3, 0.4) is 0 Å². The van der Waals surface area contributed by atoms with E-state index >= 15 is 0 Å². The van der Waals surface area contributed by atoms with Crippen molar-refractivity contribution < 1.29 is 9.90 Å². The molecule has 0 aliphatic heterocycles. The molecular formula is C12H13N3O2. The summed E-state index contributed by atoms with van der Waals surface area (Å²) in [5.74, 6) is -0.845. The number of nitrogens with zero attached hydrogens (tertiary/aromatic N) is 1. The van der Waals surface area contributed by atoms with E-state index in [1.54, 1.807) is 6.20 Å². The third kappa shape index (κ3) is 2.34. The number of rotatable bonds is 3. The van der Waals surface area contributed by atoms with Gasteiger partial charge in [-0.25, -0.2) is 4.98 Å². The van der Waals surface area contributed by atoms with Crippen LogP contribution in [0.25, 0.3) is 11.3 Å². The van der Waals surface area contributed by atoms with E-state index in [0.29, 0.717) is 0 Å². The Labute approximate surface area is 98.3 Å². The van der Waals surface area contributed by atoms with Gasteiger partial charge in [-0.3, -0.25) is 4.79 Å². The Balaban J connectivity index is 2.29. The molecule has 88 valence electrons. The molecule has 0 amide bonds. The SMILES string of the molecule is Cc1ccc(-c2cnc(C(N)C(=O)O)[nH]2)cc1. The van der Waals surface area contributed by atoms with Crippen molar-refractivity contribution in [1.29, 1.82) is 0 Å². The van der Waals surface area contributed by atoms with Crippen molar-refractivity contribution in [3.05, 3.63) is 41.9 Å². The Morgan fingerprint density at radius 1 is 1.41 bits per heavy atom. The van der Waals surface area contributed by atoms with Gasteiger partial charge in [-0.05, 0) is 12.5 Å². The van der Waals surface area contributed by atoms with Gasteiger partial charge >= 0.3 is 5.97 Å². The first-order valence-electron chi connectivity index (χ1n) is 5.18. The molecule has 0 saturated heterocycles. The zero-order valence-corrected chi connectivity index (χ0v) is 9.34. The fraction of sp³-hybridized carbons (Fsp3) is 0.167. The summed E-state index contributed by atoms with van der Waals surface area (Å²) in [6.45, 7) is 2.00. The fourth-order valence-corrected chi connectivity index (χ4v) is 1.49. The van der Waals surface area contributed by atoms with Gasteiger partial charge in [0.15, 0.2) is 6.04 Å². The number of H-pyrrole nitrogens is 1. The summed E-state index contributed by atoms with van der Waals surface area (Å²) in [4.78, 5) is 17.6. The number of nitrogens with one attached hydrogen (secondary N) is 1. The second-order valence-electron chi connectivity index (χ2n) is 3.86. The van der Waals surface area contributed by atoms with Crippen molar-refractivity contribution in [1.82, 2.24) is 9.97 Å². The Bertz CT molecular complexity index is 531. The number of hydrogen-bond donors (Lipinski definition) is 3. The Hall–Kier alpha value is -2.14. The molecule has 1 atom stereocenters. The lowest BCUT2D eigenvalue weighted by atomic mass is 10.1. The van der Waals surface area contributed by atoms with E-state index in [9.17, 15) is 4.79 Å². The summed E-state index contributed by atoms with van der Waals surface area (Å²) in [5, 5.41) is 8.77. The van der Waals surface area contributed by atoms with E-state index < -0.39 is 12.0 Å². The lowest BCUT2D eigenvalue weighted by Crippen LogP contribution is -2.21. The van der Waals surface area contributed by atoms with Gasteiger partial charge < -0.3 is 15.8 Å². The number of carboxylic acids is 1. The zero-order valence-electron chi connectivity index (χ0n) is 9.34. The van der Waals surface area contributed by atoms with E-state index in [1.165, 1.54) is 0 Å². The van der Waals surface area contributed by atoms with Crippen LogP contribution in [0.15, 0.2) is 30.5 Å². The standard InChI is InChI=1S/C12H13N3O2/c1-7-2-4-8(5-3-7)9-6-14-11(15-9)10(13)12(16)17/h2-6,10H,13H2,1H3,(H,14,15)(H,16,17). The molecule has 0 fully saturated rings. The van der Waals surface area contributed by atoms with Crippen LogP contribution in [0.1, 0.15) is 17.4 Å². The molecule has 0 bridgehead atoms. The van der Waals surface area contributed by atoms with E-state index in [-0.39, 0.29) is 5.82 Å². The van der Waals surface area contributed by atoms with Crippen LogP contribution in [-0.4, -0.2) is 21.0 Å². The molecule has 0 aliphatic carbocycles. The maximum atomic E-state index is 10.7. The highest BCUT2D eigenvalue weighted by Crippen LogP contribution is 2.19. The lowest BCUT2D eigenvalue weighted by Gasteiger charge is -2.01. The minimum absolute atomic E-state index is 0.257. The summed E-state index contributed by atoms with van der Waals surface area (Å²) in [6.07, 6.45) is 1.59. The molecule has 17 heavy (non-hydrogen) atoms. The van der Waals surface area contributed by atoms with Gasteiger partial charge in [-0.15, -0.1) is 0 Å². The predicted octanol–water partition coefficient (Wildman–Crippen LogP) is 1.47. The fourth-order valence-electron chi connectivity index (χ4n) is 1.49. The number of nitrogens with two attached hydrogens (primary N) is 1. The van der Waals surface area contributed by atoms with Crippen molar-refractivity contribution >= 4 is 5.97 Å². The first-order chi connectivity index (χ1) is 8.08. The number of aryl methyl sites for hydroxylation is 1. The highest BCUT2D eigenvalue weighted by Gasteiger charge is 2.17. The maximum Gasteiger partial charge on any atom is 0.328 e. The number of carboxylic acid groups (broad SMARTS) is 1. The Morgan fingerprint density at radius 3 is 2.65 bits per heavy atom. The van der Waals surface area contributed by atoms with Gasteiger partial charge in [0.25, 0.3) is 0 Å². The number of carbonyl (C=O) groups is 1. The smallest absolute Gasteiger partial charge is 0.328 e. The molecule has 0 saturated carbocycles. The summed E-state index contributed by atoms with van der Waals surface area (Å²) < 4.78 is 0. The number of aliphatic carboxylic acids is 1. The van der Waals surface area contributed by atoms with Gasteiger partial charge in [-0.1, -0.05) is 29.8 Å². The van der Waals surface area contributed by atoms with Gasteiger partial charge in [0.05, 0.1) is 11.9 Å². The van der Waals surface area contributed by atoms with Crippen molar-refractivity contribution in [2.75, 3.05) is 0 Å². The highest BCUT2D eigenvalue weighted by atomic mass is 16.4. The molecule has 1 aromatic heterocycles. The minimum atomic E-state index is -1.12. The molecule has 1 aromatic carbocycles. The second-order valence-corrected chi connectivity index (χ2v) is 3.86. The first kappa shape index (κ1) is 11.3. The molecule has 0 radical (unpaired) electrons. The summed E-state index contributed by atoms with van der Waals surface area (Å²) in [7, 11) is 0. The van der Waals surface area contributed by atoms with E-state index in [1.807, 2.05) is 31.2 Å². The van der Waals surface area contributed by atoms with E-state index in [0.717, 1.165) is 16.8 Å². The van der Waals surface area contributed by atoms with Crippen LogP contribution in [-0.2, 0) is 4.79 Å². The van der Waals surface area contributed by atoms with Crippen molar-refractivity contribution in [2.24, 2.45) is 5.73 Å². The van der Waals surface area contributed by atoms with E-state index in [4.69, 9.17) is 10.8 Å². The average Bonchev–Trinajstić information content (AvgIpc) is 2.78. The quantitative estimate of drug-likeness (QED) is 0.745. The van der Waals surface area contributed by atoms with Gasteiger partial charge in [0, 0.05) is 0 Å². The molecule has 2 aromatic rings. The molecule has 1 unspecified atom stereocenters. The average molecular weight is 231 g/mol. The van der Waals surface area contributed by atoms with Gasteiger partial charge in [0.2, 0.25) is 0 Å². The molecule has 0 aliphatic rings. The van der Waals surface area contributed by atoms with Crippen molar-refractivity contribution in [3.63, 3.8) is 0 Å². The number of aromatic nitrogens is 2. The molecule has 2 rings (SSSR count). The van der Waals surface area contributed by atoms with Gasteiger partial charge in [0.1, 0.15) is 5.82 Å². The molecule has 5 nitrogen and oxygen atoms in total. The Morgan fingerprint density at radius 2 is 2.06 bits per heavy atom. The maximum absolute atomic E-state index is 10.7. The van der Waals surface area contributed by atoms with Crippen molar-refractivity contribution in [2.45, 2.75) is 13.0 Å². The Kier molecular flexibility index (Phi) is 2.93. The molecule has 5 heteroatoms. The molecule has 4 N–H and O–H groups in total. The van der Waals surface area contributed by atoms with Crippen LogP contribution in [0.4, 0.5) is 0 Å². The van der Waals surface area contributed by atoms with Crippen LogP contribution in [0.2, 0.25) is 0 Å². The number of hydrogen-bond acceptors (Lipinski definition) is 3. The molecular weight excluding hydrogens is 218 g/mol. The van der Waals surface area contributed by atoms with Crippen LogP contribution in [0, 0.1) is 6.92 Å². The highest BCUT2D eigenvalue weighted by molar-refractivity contribution is 5.74. The first-order valence-corrected chi connectivity index (χ1v) is 5.18. The second kappa shape index (κ2) is 4.39. The van der Waals surface area contributed by atoms with Crippen LogP contribution >= 0.6 is 0 Å². The lowest BCUT2D eigenvalue weighted by molar-refractivity contribution is -0.138. The van der Waals surface area contributed by atoms with Gasteiger partial charge in [-0.2, -0.15) is 0 Å². The zero-order chi connectivity index (χ0) is 12.4. The minimum Gasteiger partial charge on any atom is -0.480 e. The molecule has 1 heterocycles. The number of aromatic amines is 1. The third-order valence-corrected chi connectivity index (χ3v) is 2.52. The normalized spacial score (nSPS) is 12.4. The third-order valence-electron chi connectivity index (χ3n) is 2.52. The summed E-state index contributed by atoms with van der Waals surface area (Å²) in [6, 6.07) is 6.73. The van der Waals surface area contributed by atoms with Crippen molar-refractivity contribution in [3.8, 4) is 11.3 Å².